The minimum atomic E-state index is -0.993. The molecule has 114 valence electrons. The first kappa shape index (κ1) is 15.2. The number of halogens is 1. The van der Waals surface area contributed by atoms with Crippen LogP contribution in [0.3, 0.4) is 0 Å². The van der Waals surface area contributed by atoms with Gasteiger partial charge in [-0.3, -0.25) is 4.79 Å². The van der Waals surface area contributed by atoms with Crippen LogP contribution < -0.4 is 10.1 Å². The molecule has 1 amide bonds. The number of hydrogen-bond donors (Lipinski definition) is 2. The Hall–Kier alpha value is -2.15. The molecule has 2 unspecified atom stereocenters. The number of benzene rings is 1. The summed E-state index contributed by atoms with van der Waals surface area (Å²) >= 11 is 0. The van der Waals surface area contributed by atoms with E-state index >= 15 is 0 Å². The molecule has 2 N–H and O–H groups in total. The molecule has 2 rings (SSSR count). The van der Waals surface area contributed by atoms with Gasteiger partial charge in [0.05, 0.1) is 13.2 Å². The van der Waals surface area contributed by atoms with Crippen molar-refractivity contribution in [3.8, 4) is 5.75 Å². The van der Waals surface area contributed by atoms with E-state index in [1.807, 2.05) is 0 Å². The Morgan fingerprint density at radius 3 is 2.86 bits per heavy atom. The van der Waals surface area contributed by atoms with E-state index in [0.29, 0.717) is 12.8 Å². The Morgan fingerprint density at radius 1 is 1.48 bits per heavy atom. The quantitative estimate of drug-likeness (QED) is 0.853. The second-order valence-electron chi connectivity index (χ2n) is 4.72. The number of ether oxygens (including phenoxy) is 2. The predicted molar refractivity (Wildman–Crippen MR) is 70.8 cm³/mol. The van der Waals surface area contributed by atoms with Crippen LogP contribution in [-0.4, -0.2) is 42.8 Å². The molecular formula is C14H16FNO5. The van der Waals surface area contributed by atoms with Crippen LogP contribution in [0.4, 0.5) is 4.39 Å². The summed E-state index contributed by atoms with van der Waals surface area (Å²) in [5.41, 5.74) is 0.265. The number of rotatable bonds is 5. The summed E-state index contributed by atoms with van der Waals surface area (Å²) < 4.78 is 23.3. The molecule has 0 radical (unpaired) electrons. The van der Waals surface area contributed by atoms with E-state index in [0.717, 1.165) is 6.07 Å². The molecule has 6 nitrogen and oxygen atoms in total. The minimum Gasteiger partial charge on any atom is -0.494 e. The Morgan fingerprint density at radius 2 is 2.24 bits per heavy atom. The summed E-state index contributed by atoms with van der Waals surface area (Å²) in [5.74, 6) is -1.94. The Balaban J connectivity index is 1.89. The van der Waals surface area contributed by atoms with Gasteiger partial charge in [0.15, 0.2) is 17.7 Å². The van der Waals surface area contributed by atoms with Gasteiger partial charge in [0.1, 0.15) is 0 Å². The van der Waals surface area contributed by atoms with Gasteiger partial charge in [0.25, 0.3) is 5.91 Å². The minimum absolute atomic E-state index is 0.00860. The molecular weight excluding hydrogens is 281 g/mol. The van der Waals surface area contributed by atoms with Crippen molar-refractivity contribution in [3.63, 3.8) is 0 Å². The maximum Gasteiger partial charge on any atom is 0.332 e. The number of carbonyl (C=O) groups excluding carboxylic acids is 1. The summed E-state index contributed by atoms with van der Waals surface area (Å²) in [6.45, 7) is 0.211. The van der Waals surface area contributed by atoms with Crippen molar-refractivity contribution in [2.24, 2.45) is 0 Å². The molecule has 0 aromatic heterocycles. The standard InChI is InChI=1S/C14H16FNO5/c1-20-12-6-8(2-4-10(12)15)13(17)16-7-9-3-5-11(21-9)14(18)19/h2,4,6,9,11H,3,5,7H2,1H3,(H,16,17)(H,18,19). The van der Waals surface area contributed by atoms with Crippen molar-refractivity contribution < 1.29 is 28.6 Å². The zero-order valence-electron chi connectivity index (χ0n) is 11.5. The zero-order valence-corrected chi connectivity index (χ0v) is 11.5. The SMILES string of the molecule is COc1cc(C(=O)NCC2CCC(C(=O)O)O2)ccc1F. The van der Waals surface area contributed by atoms with Gasteiger partial charge in [-0.25, -0.2) is 9.18 Å². The largest absolute Gasteiger partial charge is 0.494 e. The fourth-order valence-corrected chi connectivity index (χ4v) is 2.15. The van der Waals surface area contributed by atoms with Gasteiger partial charge >= 0.3 is 5.97 Å². The highest BCUT2D eigenvalue weighted by molar-refractivity contribution is 5.94. The Bertz CT molecular complexity index is 548. The van der Waals surface area contributed by atoms with Crippen LogP contribution in [0, 0.1) is 5.82 Å². The molecule has 1 fully saturated rings. The van der Waals surface area contributed by atoms with Crippen molar-refractivity contribution in [2.45, 2.75) is 25.0 Å². The lowest BCUT2D eigenvalue weighted by atomic mass is 10.1. The van der Waals surface area contributed by atoms with Gasteiger partial charge in [0, 0.05) is 12.1 Å². The van der Waals surface area contributed by atoms with Gasteiger partial charge in [-0.05, 0) is 31.0 Å². The second-order valence-corrected chi connectivity index (χ2v) is 4.72. The number of hydrogen-bond acceptors (Lipinski definition) is 4. The molecule has 0 spiro atoms. The van der Waals surface area contributed by atoms with Gasteiger partial charge in [-0.2, -0.15) is 0 Å². The van der Waals surface area contributed by atoms with Crippen molar-refractivity contribution in [3.05, 3.63) is 29.6 Å². The number of amides is 1. The number of methoxy groups -OCH3 is 1. The van der Waals surface area contributed by atoms with E-state index in [1.54, 1.807) is 0 Å². The number of aliphatic carboxylic acids is 1. The maximum atomic E-state index is 13.3. The molecule has 1 heterocycles. The lowest BCUT2D eigenvalue weighted by Crippen LogP contribution is -2.33. The number of carboxylic acids is 1. The van der Waals surface area contributed by atoms with Crippen molar-refractivity contribution in [1.82, 2.24) is 5.32 Å². The van der Waals surface area contributed by atoms with Crippen LogP contribution >= 0.6 is 0 Å². The maximum absolute atomic E-state index is 13.3. The third-order valence-corrected chi connectivity index (χ3v) is 3.29. The van der Waals surface area contributed by atoms with Gasteiger partial charge in [0.2, 0.25) is 0 Å². The van der Waals surface area contributed by atoms with E-state index in [4.69, 9.17) is 14.6 Å². The predicted octanol–water partition coefficient (Wildman–Crippen LogP) is 1.20. The normalized spacial score (nSPS) is 21.0. The molecule has 0 aliphatic carbocycles. The highest BCUT2D eigenvalue weighted by Gasteiger charge is 2.30. The molecule has 1 aliphatic heterocycles. The third-order valence-electron chi connectivity index (χ3n) is 3.29. The first-order chi connectivity index (χ1) is 10.0. The smallest absolute Gasteiger partial charge is 0.332 e. The third kappa shape index (κ3) is 3.69. The fourth-order valence-electron chi connectivity index (χ4n) is 2.15. The van der Waals surface area contributed by atoms with E-state index < -0.39 is 23.8 Å². The monoisotopic (exact) mass is 297 g/mol. The summed E-state index contributed by atoms with van der Waals surface area (Å²) in [7, 11) is 1.32. The molecule has 1 aromatic rings. The first-order valence-electron chi connectivity index (χ1n) is 6.51. The average molecular weight is 297 g/mol. The van der Waals surface area contributed by atoms with Crippen LogP contribution in [0.1, 0.15) is 23.2 Å². The van der Waals surface area contributed by atoms with Crippen molar-refractivity contribution >= 4 is 11.9 Å². The summed E-state index contributed by atoms with van der Waals surface area (Å²) in [4.78, 5) is 22.7. The van der Waals surface area contributed by atoms with E-state index in [-0.39, 0.29) is 24.0 Å². The Kier molecular flexibility index (Phi) is 4.74. The van der Waals surface area contributed by atoms with Crippen molar-refractivity contribution in [2.75, 3.05) is 13.7 Å². The molecule has 2 atom stereocenters. The topological polar surface area (TPSA) is 84.9 Å². The number of carbonyl (C=O) groups is 2. The highest BCUT2D eigenvalue weighted by Crippen LogP contribution is 2.20. The van der Waals surface area contributed by atoms with E-state index in [9.17, 15) is 14.0 Å². The summed E-state index contributed by atoms with van der Waals surface area (Å²) in [6.07, 6.45) is -0.125. The van der Waals surface area contributed by atoms with Gasteiger partial charge < -0.3 is 19.9 Å². The van der Waals surface area contributed by atoms with Crippen LogP contribution in [0.2, 0.25) is 0 Å². The van der Waals surface area contributed by atoms with E-state index in [1.165, 1.54) is 19.2 Å². The number of carboxylic acid groups (broad SMARTS) is 1. The molecule has 7 heteroatoms. The fraction of sp³-hybridized carbons (Fsp3) is 0.429. The van der Waals surface area contributed by atoms with Crippen LogP contribution in [-0.2, 0) is 9.53 Å². The summed E-state index contributed by atoms with van der Waals surface area (Å²) in [5, 5.41) is 11.4. The summed E-state index contributed by atoms with van der Waals surface area (Å²) in [6, 6.07) is 3.81. The van der Waals surface area contributed by atoms with E-state index in [2.05, 4.69) is 5.32 Å². The molecule has 21 heavy (non-hydrogen) atoms. The van der Waals surface area contributed by atoms with Crippen molar-refractivity contribution in [1.29, 1.82) is 0 Å². The van der Waals surface area contributed by atoms with Crippen LogP contribution in [0.15, 0.2) is 18.2 Å². The number of nitrogens with one attached hydrogen (secondary N) is 1. The second kappa shape index (κ2) is 6.53. The molecule has 1 saturated heterocycles. The average Bonchev–Trinajstić information content (AvgIpc) is 2.94. The first-order valence-corrected chi connectivity index (χ1v) is 6.51. The van der Waals surface area contributed by atoms with Gasteiger partial charge in [-0.1, -0.05) is 0 Å². The van der Waals surface area contributed by atoms with Gasteiger partial charge in [-0.15, -0.1) is 0 Å². The Labute approximate surface area is 120 Å². The highest BCUT2D eigenvalue weighted by atomic mass is 19.1. The van der Waals surface area contributed by atoms with Crippen LogP contribution in [0.5, 0.6) is 5.75 Å². The van der Waals surface area contributed by atoms with Crippen LogP contribution in [0.25, 0.3) is 0 Å². The molecule has 0 bridgehead atoms. The molecule has 0 saturated carbocycles. The molecule has 1 aliphatic rings. The zero-order chi connectivity index (χ0) is 15.4. The lowest BCUT2D eigenvalue weighted by Gasteiger charge is -2.12. The molecule has 1 aromatic carbocycles. The lowest BCUT2D eigenvalue weighted by molar-refractivity contribution is -0.149.